The van der Waals surface area contributed by atoms with Crippen molar-refractivity contribution in [3.05, 3.63) is 65.0 Å². The Kier molecular flexibility index (Phi) is 6.81. The number of aliphatic hydroxyl groups excluding tert-OH is 1. The van der Waals surface area contributed by atoms with Gasteiger partial charge in [0, 0.05) is 12.6 Å². The van der Waals surface area contributed by atoms with E-state index < -0.39 is 24.0 Å². The summed E-state index contributed by atoms with van der Waals surface area (Å²) in [6, 6.07) is 9.81. The first-order valence-electron chi connectivity index (χ1n) is 10.7. The molecule has 0 radical (unpaired) electrons. The molecule has 0 aliphatic heterocycles. The molecule has 0 atom stereocenters. The normalized spacial score (nSPS) is 15.4. The van der Waals surface area contributed by atoms with E-state index in [-0.39, 0.29) is 15.9 Å². The molecule has 174 valence electrons. The van der Waals surface area contributed by atoms with Gasteiger partial charge in [-0.3, -0.25) is 4.79 Å². The van der Waals surface area contributed by atoms with E-state index in [4.69, 9.17) is 9.84 Å². The van der Waals surface area contributed by atoms with E-state index in [2.05, 4.69) is 10.2 Å². The third-order valence-electron chi connectivity index (χ3n) is 6.27. The van der Waals surface area contributed by atoms with Crippen LogP contribution >= 0.6 is 11.8 Å². The number of ketones is 1. The van der Waals surface area contributed by atoms with Gasteiger partial charge in [-0.2, -0.15) is 0 Å². The third-order valence-corrected chi connectivity index (χ3v) is 7.40. The van der Waals surface area contributed by atoms with Crippen LogP contribution in [0.2, 0.25) is 0 Å². The first-order chi connectivity index (χ1) is 15.9. The Morgan fingerprint density at radius 3 is 2.33 bits per heavy atom. The summed E-state index contributed by atoms with van der Waals surface area (Å²) in [6.45, 7) is -0.814. The van der Waals surface area contributed by atoms with E-state index in [1.54, 1.807) is 18.7 Å². The number of aliphatic hydroxyl groups is 1. The van der Waals surface area contributed by atoms with Gasteiger partial charge in [-0.1, -0.05) is 31.4 Å². The van der Waals surface area contributed by atoms with Gasteiger partial charge in [0.25, 0.3) is 0 Å². The van der Waals surface area contributed by atoms with Gasteiger partial charge in [0.05, 0.1) is 17.4 Å². The fourth-order valence-corrected chi connectivity index (χ4v) is 5.33. The Morgan fingerprint density at radius 2 is 1.76 bits per heavy atom. The lowest BCUT2D eigenvalue weighted by atomic mass is 9.68. The van der Waals surface area contributed by atoms with Gasteiger partial charge in [-0.05, 0) is 54.4 Å². The predicted molar refractivity (Wildman–Crippen MR) is 120 cm³/mol. The number of nitrogens with zero attached hydrogens (tertiary/aromatic N) is 3. The summed E-state index contributed by atoms with van der Waals surface area (Å²) in [6.07, 6.45) is 5.04. The van der Waals surface area contributed by atoms with Gasteiger partial charge in [0.1, 0.15) is 29.8 Å². The molecule has 0 amide bonds. The number of benzene rings is 2. The number of hydrogen-bond donors (Lipinski definition) is 1. The highest BCUT2D eigenvalue weighted by molar-refractivity contribution is 7.99. The Balaban J connectivity index is 1.71. The zero-order chi connectivity index (χ0) is 23.6. The molecular weight excluding hydrogens is 448 g/mol. The molecule has 0 unspecified atom stereocenters. The first-order valence-corrected chi connectivity index (χ1v) is 11.6. The van der Waals surface area contributed by atoms with E-state index in [1.165, 1.54) is 0 Å². The summed E-state index contributed by atoms with van der Waals surface area (Å²) in [5, 5.41) is 18.0. The smallest absolute Gasteiger partial charge is 0.196 e. The van der Waals surface area contributed by atoms with Crippen LogP contribution in [-0.4, -0.2) is 39.4 Å². The molecule has 1 N–H and O–H groups in total. The summed E-state index contributed by atoms with van der Waals surface area (Å²) < 4.78 is 36.4. The highest BCUT2D eigenvalue weighted by Gasteiger charge is 2.40. The molecule has 1 fully saturated rings. The van der Waals surface area contributed by atoms with Crippen LogP contribution in [0.1, 0.15) is 53.8 Å². The minimum Gasteiger partial charge on any atom is -0.497 e. The summed E-state index contributed by atoms with van der Waals surface area (Å²) in [4.78, 5) is 11.3. The largest absolute Gasteiger partial charge is 0.497 e. The molecule has 0 bridgehead atoms. The topological polar surface area (TPSA) is 77.2 Å². The van der Waals surface area contributed by atoms with Crippen LogP contribution in [0.4, 0.5) is 8.78 Å². The molecule has 6 nitrogen and oxygen atoms in total. The fourth-order valence-electron chi connectivity index (χ4n) is 4.53. The van der Waals surface area contributed by atoms with Gasteiger partial charge in [0.15, 0.2) is 10.9 Å². The highest BCUT2D eigenvalue weighted by Crippen LogP contribution is 2.45. The van der Waals surface area contributed by atoms with E-state index in [1.807, 2.05) is 24.3 Å². The first kappa shape index (κ1) is 23.4. The molecule has 1 aliphatic carbocycles. The number of ether oxygens (including phenoxy) is 1. The zero-order valence-corrected chi connectivity index (χ0v) is 19.3. The van der Waals surface area contributed by atoms with Crippen LogP contribution in [0.5, 0.6) is 5.75 Å². The average Bonchev–Trinajstić information content (AvgIpc) is 3.21. The monoisotopic (exact) mass is 473 g/mol. The van der Waals surface area contributed by atoms with Crippen molar-refractivity contribution in [2.75, 3.05) is 13.7 Å². The van der Waals surface area contributed by atoms with Crippen molar-refractivity contribution >= 4 is 17.5 Å². The van der Waals surface area contributed by atoms with E-state index in [9.17, 15) is 13.6 Å². The maximum Gasteiger partial charge on any atom is 0.196 e. The molecule has 0 spiro atoms. The molecule has 1 heterocycles. The number of aromatic nitrogens is 3. The Labute approximate surface area is 195 Å². The molecule has 1 saturated carbocycles. The molecule has 2 aromatic carbocycles. The molecule has 9 heteroatoms. The van der Waals surface area contributed by atoms with Gasteiger partial charge >= 0.3 is 0 Å². The predicted octanol–water partition coefficient (Wildman–Crippen LogP) is 4.68. The lowest BCUT2D eigenvalue weighted by Crippen LogP contribution is -2.33. The molecule has 1 aliphatic rings. The van der Waals surface area contributed by atoms with Crippen molar-refractivity contribution in [1.82, 2.24) is 14.8 Å². The van der Waals surface area contributed by atoms with Gasteiger partial charge in [-0.25, -0.2) is 8.78 Å². The second-order valence-electron chi connectivity index (χ2n) is 8.19. The molecular formula is C24H25F2N3O3S. The lowest BCUT2D eigenvalue weighted by molar-refractivity contribution is 0.0902. The van der Waals surface area contributed by atoms with Gasteiger partial charge < -0.3 is 14.4 Å². The molecule has 3 aromatic rings. The summed E-state index contributed by atoms with van der Waals surface area (Å²) >= 11 is 0.826. The minimum absolute atomic E-state index is 0.212. The summed E-state index contributed by atoms with van der Waals surface area (Å²) in [7, 11) is 3.43. The van der Waals surface area contributed by atoms with Gasteiger partial charge in [-0.15, -0.1) is 10.2 Å². The highest BCUT2D eigenvalue weighted by atomic mass is 32.2. The lowest BCUT2D eigenvalue weighted by Gasteiger charge is -2.37. The number of rotatable bonds is 7. The van der Waals surface area contributed by atoms with E-state index in [0.29, 0.717) is 5.16 Å². The van der Waals surface area contributed by atoms with Crippen molar-refractivity contribution in [3.8, 4) is 5.75 Å². The van der Waals surface area contributed by atoms with Crippen LogP contribution in [0.25, 0.3) is 0 Å². The number of hydrogen-bond acceptors (Lipinski definition) is 6. The summed E-state index contributed by atoms with van der Waals surface area (Å²) in [5.74, 6) is -0.993. The van der Waals surface area contributed by atoms with Crippen LogP contribution in [-0.2, 0) is 12.5 Å². The van der Waals surface area contributed by atoms with Crippen molar-refractivity contribution in [3.63, 3.8) is 0 Å². The standard InChI is InChI=1S/C24H25F2N3O3S/c1-29-22(24(10-4-3-5-11-24)16-6-8-17(32-2)9-7-16)27-28-23(29)33-21-18(25)12-15(13-19(21)26)20(31)14-30/h6-9,12-13,30H,3-5,10-11,14H2,1-2H3. The van der Waals surface area contributed by atoms with Crippen LogP contribution < -0.4 is 4.74 Å². The molecule has 4 rings (SSSR count). The van der Waals surface area contributed by atoms with Crippen molar-refractivity contribution in [2.24, 2.45) is 7.05 Å². The fraction of sp³-hybridized carbons (Fsp3) is 0.375. The van der Waals surface area contributed by atoms with Gasteiger partial charge in [0.2, 0.25) is 0 Å². The number of halogens is 2. The number of carbonyl (C=O) groups is 1. The average molecular weight is 474 g/mol. The molecule has 33 heavy (non-hydrogen) atoms. The van der Waals surface area contributed by atoms with Crippen LogP contribution in [0, 0.1) is 11.6 Å². The Hall–Kier alpha value is -2.78. The van der Waals surface area contributed by atoms with E-state index in [0.717, 1.165) is 73.1 Å². The van der Waals surface area contributed by atoms with Crippen molar-refractivity contribution in [2.45, 2.75) is 47.6 Å². The van der Waals surface area contributed by atoms with Crippen LogP contribution in [0.3, 0.4) is 0 Å². The number of carbonyl (C=O) groups excluding carboxylic acids is 1. The minimum atomic E-state index is -0.885. The Bertz CT molecular complexity index is 1140. The quantitative estimate of drug-likeness (QED) is 0.502. The van der Waals surface area contributed by atoms with Crippen molar-refractivity contribution < 1.29 is 23.4 Å². The molecule has 1 aromatic heterocycles. The zero-order valence-electron chi connectivity index (χ0n) is 18.5. The molecule has 0 saturated heterocycles. The second-order valence-corrected chi connectivity index (χ2v) is 9.17. The maximum atomic E-state index is 14.6. The Morgan fingerprint density at radius 1 is 1.12 bits per heavy atom. The maximum absolute atomic E-state index is 14.6. The van der Waals surface area contributed by atoms with Crippen LogP contribution in [0.15, 0.2) is 46.5 Å². The van der Waals surface area contributed by atoms with E-state index >= 15 is 0 Å². The van der Waals surface area contributed by atoms with Crippen molar-refractivity contribution in [1.29, 1.82) is 0 Å². The summed E-state index contributed by atoms with van der Waals surface area (Å²) in [5.41, 5.74) is 0.551. The third kappa shape index (κ3) is 4.39. The second kappa shape index (κ2) is 9.61. The SMILES string of the molecule is COc1ccc(C2(c3nnc(Sc4c(F)cc(C(=O)CO)cc4F)n3C)CCCCC2)cc1. The number of methoxy groups -OCH3 is 1. The number of Topliss-reactive ketones (excluding diaryl/α,β-unsaturated/α-hetero) is 1.